The first-order valence-corrected chi connectivity index (χ1v) is 5.64. The van der Waals surface area contributed by atoms with Crippen molar-refractivity contribution in [3.63, 3.8) is 0 Å². The number of hydrogen-bond donors (Lipinski definition) is 1. The molecule has 0 aromatic carbocycles. The van der Waals surface area contributed by atoms with Crippen molar-refractivity contribution in [1.82, 2.24) is 4.90 Å². The van der Waals surface area contributed by atoms with E-state index in [0.717, 1.165) is 13.0 Å². The fourth-order valence-corrected chi connectivity index (χ4v) is 2.21. The second-order valence-electron chi connectivity index (χ2n) is 4.25. The zero-order chi connectivity index (χ0) is 9.68. The average molecular weight is 185 g/mol. The average Bonchev–Trinajstić information content (AvgIpc) is 2.52. The summed E-state index contributed by atoms with van der Waals surface area (Å²) in [6, 6.07) is 0.442. The Hall–Kier alpha value is -0.0800. The van der Waals surface area contributed by atoms with Crippen molar-refractivity contribution in [3.05, 3.63) is 0 Å². The standard InChI is InChI=1S/C11H23NO/c1-3-4-5-9-12(2)10-7-6-8-11(10)13/h10-11,13H,3-9H2,1-2H3. The van der Waals surface area contributed by atoms with Crippen LogP contribution >= 0.6 is 0 Å². The van der Waals surface area contributed by atoms with Crippen molar-refractivity contribution >= 4 is 0 Å². The van der Waals surface area contributed by atoms with Gasteiger partial charge in [0, 0.05) is 6.04 Å². The smallest absolute Gasteiger partial charge is 0.0695 e. The largest absolute Gasteiger partial charge is 0.391 e. The van der Waals surface area contributed by atoms with E-state index in [1.807, 2.05) is 0 Å². The molecule has 0 aliphatic heterocycles. The van der Waals surface area contributed by atoms with E-state index < -0.39 is 0 Å². The Morgan fingerprint density at radius 2 is 2.08 bits per heavy atom. The van der Waals surface area contributed by atoms with Gasteiger partial charge < -0.3 is 10.0 Å². The lowest BCUT2D eigenvalue weighted by molar-refractivity contribution is 0.0854. The maximum atomic E-state index is 9.67. The van der Waals surface area contributed by atoms with Gasteiger partial charge in [-0.3, -0.25) is 0 Å². The highest BCUT2D eigenvalue weighted by Gasteiger charge is 2.27. The number of hydrogen-bond acceptors (Lipinski definition) is 2. The lowest BCUT2D eigenvalue weighted by Crippen LogP contribution is -2.38. The molecule has 0 bridgehead atoms. The van der Waals surface area contributed by atoms with Crippen molar-refractivity contribution in [2.45, 2.75) is 57.6 Å². The van der Waals surface area contributed by atoms with E-state index in [1.165, 1.54) is 32.1 Å². The van der Waals surface area contributed by atoms with Gasteiger partial charge in [0.2, 0.25) is 0 Å². The van der Waals surface area contributed by atoms with Gasteiger partial charge in [-0.1, -0.05) is 19.8 Å². The Balaban J connectivity index is 2.18. The number of aliphatic hydroxyl groups excluding tert-OH is 1. The van der Waals surface area contributed by atoms with Gasteiger partial charge in [-0.25, -0.2) is 0 Å². The number of unbranched alkanes of at least 4 members (excludes halogenated alkanes) is 2. The second-order valence-corrected chi connectivity index (χ2v) is 4.25. The highest BCUT2D eigenvalue weighted by atomic mass is 16.3. The Kier molecular flexibility index (Phi) is 4.74. The van der Waals surface area contributed by atoms with Crippen molar-refractivity contribution in [1.29, 1.82) is 0 Å². The molecule has 0 amide bonds. The second kappa shape index (κ2) is 5.61. The van der Waals surface area contributed by atoms with Crippen LogP contribution in [0.4, 0.5) is 0 Å². The van der Waals surface area contributed by atoms with Crippen LogP contribution in [0.2, 0.25) is 0 Å². The monoisotopic (exact) mass is 185 g/mol. The SMILES string of the molecule is CCCCCN(C)C1CCCC1O. The number of nitrogens with zero attached hydrogens (tertiary/aromatic N) is 1. The summed E-state index contributed by atoms with van der Waals surface area (Å²) in [6.45, 7) is 3.37. The molecule has 1 aliphatic rings. The van der Waals surface area contributed by atoms with Gasteiger partial charge in [-0.15, -0.1) is 0 Å². The minimum absolute atomic E-state index is 0.0633. The van der Waals surface area contributed by atoms with Crippen LogP contribution in [0.1, 0.15) is 45.4 Å². The highest BCUT2D eigenvalue weighted by molar-refractivity contribution is 4.83. The van der Waals surface area contributed by atoms with E-state index >= 15 is 0 Å². The van der Waals surface area contributed by atoms with Crippen molar-refractivity contribution < 1.29 is 5.11 Å². The van der Waals surface area contributed by atoms with Gasteiger partial charge in [0.05, 0.1) is 6.10 Å². The van der Waals surface area contributed by atoms with Gasteiger partial charge in [0.25, 0.3) is 0 Å². The molecule has 1 fully saturated rings. The van der Waals surface area contributed by atoms with E-state index in [4.69, 9.17) is 0 Å². The molecule has 0 radical (unpaired) electrons. The van der Waals surface area contributed by atoms with E-state index in [1.54, 1.807) is 0 Å². The molecule has 13 heavy (non-hydrogen) atoms. The van der Waals surface area contributed by atoms with E-state index in [-0.39, 0.29) is 6.10 Å². The van der Waals surface area contributed by atoms with Gasteiger partial charge in [0.15, 0.2) is 0 Å². The van der Waals surface area contributed by atoms with Crippen LogP contribution in [0.25, 0.3) is 0 Å². The molecule has 0 heterocycles. The van der Waals surface area contributed by atoms with Gasteiger partial charge in [-0.2, -0.15) is 0 Å². The summed E-state index contributed by atoms with van der Waals surface area (Å²) in [5, 5.41) is 9.67. The van der Waals surface area contributed by atoms with Crippen LogP contribution in [-0.2, 0) is 0 Å². The third-order valence-electron chi connectivity index (χ3n) is 3.12. The maximum absolute atomic E-state index is 9.67. The molecule has 78 valence electrons. The topological polar surface area (TPSA) is 23.5 Å². The molecule has 2 atom stereocenters. The minimum atomic E-state index is -0.0633. The molecule has 0 aromatic rings. The molecule has 1 saturated carbocycles. The molecule has 0 saturated heterocycles. The summed E-state index contributed by atoms with van der Waals surface area (Å²) < 4.78 is 0. The van der Waals surface area contributed by atoms with E-state index in [2.05, 4.69) is 18.9 Å². The Morgan fingerprint density at radius 1 is 1.31 bits per heavy atom. The molecule has 1 rings (SSSR count). The summed E-state index contributed by atoms with van der Waals surface area (Å²) in [4.78, 5) is 2.34. The zero-order valence-corrected chi connectivity index (χ0v) is 9.00. The molecule has 1 aliphatic carbocycles. The summed E-state index contributed by atoms with van der Waals surface area (Å²) in [6.07, 6.45) is 7.19. The van der Waals surface area contributed by atoms with Gasteiger partial charge >= 0.3 is 0 Å². The Bertz CT molecular complexity index is 138. The first-order chi connectivity index (χ1) is 6.25. The number of aliphatic hydroxyl groups is 1. The maximum Gasteiger partial charge on any atom is 0.0695 e. The fraction of sp³-hybridized carbons (Fsp3) is 1.00. The zero-order valence-electron chi connectivity index (χ0n) is 9.00. The molecule has 2 unspecified atom stereocenters. The summed E-state index contributed by atoms with van der Waals surface area (Å²) in [7, 11) is 2.15. The Morgan fingerprint density at radius 3 is 2.62 bits per heavy atom. The van der Waals surface area contributed by atoms with Gasteiger partial charge in [-0.05, 0) is 39.3 Å². The fourth-order valence-electron chi connectivity index (χ4n) is 2.21. The van der Waals surface area contributed by atoms with Crippen LogP contribution in [0.5, 0.6) is 0 Å². The van der Waals surface area contributed by atoms with Gasteiger partial charge in [0.1, 0.15) is 0 Å². The predicted octanol–water partition coefficient (Wildman–Crippen LogP) is 2.02. The molecular weight excluding hydrogens is 162 g/mol. The normalized spacial score (nSPS) is 28.6. The van der Waals surface area contributed by atoms with Crippen molar-refractivity contribution in [3.8, 4) is 0 Å². The van der Waals surface area contributed by atoms with Crippen LogP contribution in [-0.4, -0.2) is 35.7 Å². The van der Waals surface area contributed by atoms with Crippen molar-refractivity contribution in [2.75, 3.05) is 13.6 Å². The highest BCUT2D eigenvalue weighted by Crippen LogP contribution is 2.23. The molecular formula is C11H23NO. The summed E-state index contributed by atoms with van der Waals surface area (Å²) in [5.41, 5.74) is 0. The van der Waals surface area contributed by atoms with Crippen LogP contribution in [0.3, 0.4) is 0 Å². The molecule has 0 spiro atoms. The van der Waals surface area contributed by atoms with Crippen LogP contribution < -0.4 is 0 Å². The van der Waals surface area contributed by atoms with Crippen LogP contribution in [0.15, 0.2) is 0 Å². The minimum Gasteiger partial charge on any atom is -0.391 e. The van der Waals surface area contributed by atoms with E-state index in [9.17, 15) is 5.11 Å². The van der Waals surface area contributed by atoms with Crippen LogP contribution in [0, 0.1) is 0 Å². The Labute approximate surface area is 81.9 Å². The predicted molar refractivity (Wildman–Crippen MR) is 55.8 cm³/mol. The quantitative estimate of drug-likeness (QED) is 0.662. The molecule has 0 aromatic heterocycles. The lowest BCUT2D eigenvalue weighted by atomic mass is 10.1. The molecule has 2 nitrogen and oxygen atoms in total. The summed E-state index contributed by atoms with van der Waals surface area (Å²) in [5.74, 6) is 0. The first kappa shape index (κ1) is 11.0. The first-order valence-electron chi connectivity index (χ1n) is 5.64. The third kappa shape index (κ3) is 3.28. The third-order valence-corrected chi connectivity index (χ3v) is 3.12. The lowest BCUT2D eigenvalue weighted by Gasteiger charge is -2.26. The molecule has 1 N–H and O–H groups in total. The number of likely N-dealkylation sites (N-methyl/N-ethyl adjacent to an activating group) is 1. The van der Waals surface area contributed by atoms with E-state index in [0.29, 0.717) is 6.04 Å². The summed E-state index contributed by atoms with van der Waals surface area (Å²) >= 11 is 0. The van der Waals surface area contributed by atoms with Crippen molar-refractivity contribution in [2.24, 2.45) is 0 Å². The molecule has 2 heteroatoms. The number of rotatable bonds is 5.